The largest absolute Gasteiger partial charge is 0.378 e. The van der Waals surface area contributed by atoms with E-state index in [-0.39, 0.29) is 5.25 Å². The zero-order valence-electron chi connectivity index (χ0n) is 14.0. The predicted molar refractivity (Wildman–Crippen MR) is 92.0 cm³/mol. The Morgan fingerprint density at radius 1 is 1.16 bits per heavy atom. The summed E-state index contributed by atoms with van der Waals surface area (Å²) in [5, 5.41) is 9.58. The lowest BCUT2D eigenvalue weighted by Gasteiger charge is -2.28. The van der Waals surface area contributed by atoms with Crippen LogP contribution in [0.25, 0.3) is 0 Å². The Hall–Kier alpha value is -1.67. The summed E-state index contributed by atoms with van der Waals surface area (Å²) in [5.74, 6) is -0.745. The van der Waals surface area contributed by atoms with Gasteiger partial charge in [0.2, 0.25) is 5.95 Å². The summed E-state index contributed by atoms with van der Waals surface area (Å²) in [4.78, 5) is 2.21. The molecule has 1 unspecified atom stereocenters. The highest BCUT2D eigenvalue weighted by Crippen LogP contribution is 2.44. The van der Waals surface area contributed by atoms with Crippen molar-refractivity contribution in [3.8, 4) is 0 Å². The summed E-state index contributed by atoms with van der Waals surface area (Å²) < 4.78 is 34.3. The molecule has 0 bridgehead atoms. The van der Waals surface area contributed by atoms with E-state index in [0.29, 0.717) is 19.3 Å². The molecule has 5 nitrogen and oxygen atoms in total. The quantitative estimate of drug-likeness (QED) is 0.757. The van der Waals surface area contributed by atoms with Crippen LogP contribution in [0.5, 0.6) is 0 Å². The Morgan fingerprint density at radius 3 is 2.60 bits per heavy atom. The number of ether oxygens (including phenoxy) is 1. The third-order valence-electron chi connectivity index (χ3n) is 4.55. The summed E-state index contributed by atoms with van der Waals surface area (Å²) in [6.07, 6.45) is 2.25. The molecule has 0 N–H and O–H groups in total. The lowest BCUT2D eigenvalue weighted by Crippen LogP contribution is -2.38. The van der Waals surface area contributed by atoms with Gasteiger partial charge in [0.05, 0.1) is 13.2 Å². The van der Waals surface area contributed by atoms with Gasteiger partial charge in [0.15, 0.2) is 16.8 Å². The van der Waals surface area contributed by atoms with Gasteiger partial charge in [-0.2, -0.15) is 0 Å². The maximum atomic E-state index is 13.5. The molecule has 0 amide bonds. The van der Waals surface area contributed by atoms with Crippen molar-refractivity contribution < 1.29 is 13.5 Å². The summed E-state index contributed by atoms with van der Waals surface area (Å²) in [6, 6.07) is 4.49. The van der Waals surface area contributed by atoms with E-state index in [1.165, 1.54) is 23.9 Å². The first-order chi connectivity index (χ1) is 12.1. The lowest BCUT2D eigenvalue weighted by atomic mass is 10.1. The van der Waals surface area contributed by atoms with Crippen molar-refractivity contribution in [1.29, 1.82) is 0 Å². The van der Waals surface area contributed by atoms with Crippen molar-refractivity contribution in [1.82, 2.24) is 14.8 Å². The molecule has 2 heterocycles. The first kappa shape index (κ1) is 16.8. The number of halogens is 2. The van der Waals surface area contributed by atoms with Crippen LogP contribution in [-0.2, 0) is 4.74 Å². The molecule has 2 fully saturated rings. The number of rotatable bonds is 5. The molecule has 0 radical (unpaired) electrons. The molecule has 1 aromatic heterocycles. The van der Waals surface area contributed by atoms with Crippen LogP contribution >= 0.6 is 11.8 Å². The van der Waals surface area contributed by atoms with E-state index in [1.807, 2.05) is 6.92 Å². The van der Waals surface area contributed by atoms with Gasteiger partial charge in [-0.05, 0) is 37.5 Å². The lowest BCUT2D eigenvalue weighted by molar-refractivity contribution is 0.121. The number of aromatic nitrogens is 3. The van der Waals surface area contributed by atoms with Crippen molar-refractivity contribution in [2.45, 2.75) is 36.2 Å². The highest BCUT2D eigenvalue weighted by Gasteiger charge is 2.32. The SMILES string of the molecule is CC(Sc1nnc(N2CCOCC2)n1C1CC1)c1ccc(F)c(F)c1. The molecular formula is C17H20F2N4OS. The zero-order chi connectivity index (χ0) is 17.4. The van der Waals surface area contributed by atoms with Crippen LogP contribution in [0.15, 0.2) is 23.4 Å². The molecule has 1 atom stereocenters. The number of nitrogens with zero attached hydrogens (tertiary/aromatic N) is 4. The molecule has 1 saturated heterocycles. The van der Waals surface area contributed by atoms with Crippen LogP contribution in [0.2, 0.25) is 0 Å². The van der Waals surface area contributed by atoms with Gasteiger partial charge < -0.3 is 9.64 Å². The molecule has 2 aromatic rings. The second-order valence-electron chi connectivity index (χ2n) is 6.42. The summed E-state index contributed by atoms with van der Waals surface area (Å²) in [6.45, 7) is 5.00. The van der Waals surface area contributed by atoms with Crippen molar-refractivity contribution in [2.75, 3.05) is 31.2 Å². The molecule has 4 rings (SSSR count). The number of hydrogen-bond acceptors (Lipinski definition) is 5. The number of anilines is 1. The van der Waals surface area contributed by atoms with E-state index >= 15 is 0 Å². The minimum atomic E-state index is -0.822. The van der Waals surface area contributed by atoms with E-state index in [4.69, 9.17) is 4.74 Å². The van der Waals surface area contributed by atoms with Gasteiger partial charge in [0, 0.05) is 24.4 Å². The second-order valence-corrected chi connectivity index (χ2v) is 7.72. The third-order valence-corrected chi connectivity index (χ3v) is 5.66. The van der Waals surface area contributed by atoms with Crippen LogP contribution in [-0.4, -0.2) is 41.1 Å². The summed E-state index contributed by atoms with van der Waals surface area (Å²) in [7, 11) is 0. The fraction of sp³-hybridized carbons (Fsp3) is 0.529. The maximum absolute atomic E-state index is 13.5. The van der Waals surface area contributed by atoms with Gasteiger partial charge in [-0.25, -0.2) is 8.78 Å². The van der Waals surface area contributed by atoms with E-state index in [0.717, 1.165) is 42.6 Å². The Balaban J connectivity index is 1.57. The van der Waals surface area contributed by atoms with Crippen molar-refractivity contribution in [3.05, 3.63) is 35.4 Å². The highest BCUT2D eigenvalue weighted by molar-refractivity contribution is 7.99. The Morgan fingerprint density at radius 2 is 1.92 bits per heavy atom. The molecular weight excluding hydrogens is 346 g/mol. The van der Waals surface area contributed by atoms with Crippen LogP contribution in [0.1, 0.15) is 36.6 Å². The molecule has 2 aliphatic rings. The summed E-state index contributed by atoms with van der Waals surface area (Å²) in [5.41, 5.74) is 0.738. The molecule has 134 valence electrons. The average Bonchev–Trinajstić information content (AvgIpc) is 3.38. The smallest absolute Gasteiger partial charge is 0.228 e. The number of hydrogen-bond donors (Lipinski definition) is 0. The fourth-order valence-electron chi connectivity index (χ4n) is 2.97. The topological polar surface area (TPSA) is 43.2 Å². The van der Waals surface area contributed by atoms with E-state index in [2.05, 4.69) is 19.7 Å². The van der Waals surface area contributed by atoms with E-state index in [9.17, 15) is 8.78 Å². The molecule has 25 heavy (non-hydrogen) atoms. The number of thioether (sulfide) groups is 1. The molecule has 0 spiro atoms. The minimum Gasteiger partial charge on any atom is -0.378 e. The van der Waals surface area contributed by atoms with Gasteiger partial charge in [-0.15, -0.1) is 10.2 Å². The first-order valence-electron chi connectivity index (χ1n) is 8.52. The third kappa shape index (κ3) is 3.50. The van der Waals surface area contributed by atoms with E-state index < -0.39 is 11.6 Å². The molecule has 1 aliphatic heterocycles. The Labute approximate surface area is 149 Å². The van der Waals surface area contributed by atoms with Gasteiger partial charge in [-0.1, -0.05) is 17.8 Å². The average molecular weight is 366 g/mol. The molecule has 8 heteroatoms. The fourth-order valence-corrected chi connectivity index (χ4v) is 4.00. The number of benzene rings is 1. The van der Waals surface area contributed by atoms with Gasteiger partial charge in [0.25, 0.3) is 0 Å². The van der Waals surface area contributed by atoms with Crippen molar-refractivity contribution in [3.63, 3.8) is 0 Å². The maximum Gasteiger partial charge on any atom is 0.228 e. The van der Waals surface area contributed by atoms with Crippen molar-refractivity contribution >= 4 is 17.7 Å². The van der Waals surface area contributed by atoms with Crippen LogP contribution < -0.4 is 4.90 Å². The van der Waals surface area contributed by atoms with Gasteiger partial charge >= 0.3 is 0 Å². The van der Waals surface area contributed by atoms with Crippen LogP contribution in [0.4, 0.5) is 14.7 Å². The highest BCUT2D eigenvalue weighted by atomic mass is 32.2. The molecule has 1 aromatic carbocycles. The Bertz CT molecular complexity index is 759. The number of morpholine rings is 1. The minimum absolute atomic E-state index is 0.0469. The standard InChI is InChI=1S/C17H20F2N4OS/c1-11(12-2-5-14(18)15(19)10-12)25-17-21-20-16(23(17)13-3-4-13)22-6-8-24-9-7-22/h2,5,10-11,13H,3-4,6-9H2,1H3. The second kappa shape index (κ2) is 6.92. The monoisotopic (exact) mass is 366 g/mol. The van der Waals surface area contributed by atoms with Gasteiger partial charge in [-0.3, -0.25) is 4.57 Å². The normalized spacial score (nSPS) is 19.2. The predicted octanol–water partition coefficient (Wildman–Crippen LogP) is 3.58. The first-order valence-corrected chi connectivity index (χ1v) is 9.40. The molecule has 1 saturated carbocycles. The van der Waals surface area contributed by atoms with Crippen LogP contribution in [0, 0.1) is 11.6 Å². The zero-order valence-corrected chi connectivity index (χ0v) is 14.8. The summed E-state index contributed by atoms with van der Waals surface area (Å²) >= 11 is 1.53. The van der Waals surface area contributed by atoms with Gasteiger partial charge in [0.1, 0.15) is 0 Å². The Kier molecular flexibility index (Phi) is 4.64. The van der Waals surface area contributed by atoms with Crippen molar-refractivity contribution in [2.24, 2.45) is 0 Å². The molecule has 1 aliphatic carbocycles. The van der Waals surface area contributed by atoms with E-state index in [1.54, 1.807) is 6.07 Å². The van der Waals surface area contributed by atoms with Crippen LogP contribution in [0.3, 0.4) is 0 Å².